The molecule has 0 spiro atoms. The van der Waals surface area contributed by atoms with Crippen molar-refractivity contribution in [2.24, 2.45) is 0 Å². The lowest BCUT2D eigenvalue weighted by Gasteiger charge is -2.08. The maximum absolute atomic E-state index is 6.06. The van der Waals surface area contributed by atoms with Crippen molar-refractivity contribution < 1.29 is 4.74 Å². The number of hydrogen-bond acceptors (Lipinski definition) is 3. The lowest BCUT2D eigenvalue weighted by molar-refractivity contribution is 0.415. The smallest absolute Gasteiger partial charge is 0.184 e. The molecule has 20 heavy (non-hydrogen) atoms. The van der Waals surface area contributed by atoms with Crippen LogP contribution >= 0.6 is 23.8 Å². The molecule has 0 fully saturated rings. The fourth-order valence-corrected chi connectivity index (χ4v) is 2.64. The molecule has 102 valence electrons. The number of benzene rings is 1. The predicted octanol–water partition coefficient (Wildman–Crippen LogP) is 4.05. The van der Waals surface area contributed by atoms with Gasteiger partial charge in [-0.25, -0.2) is 4.98 Å². The number of pyridine rings is 1. The highest BCUT2D eigenvalue weighted by molar-refractivity contribution is 7.71. The van der Waals surface area contributed by atoms with Gasteiger partial charge in [0.05, 0.1) is 23.3 Å². The summed E-state index contributed by atoms with van der Waals surface area (Å²) in [5.41, 5.74) is 3.69. The fourth-order valence-electron chi connectivity index (χ4n) is 2.15. The van der Waals surface area contributed by atoms with Crippen molar-refractivity contribution in [3.05, 3.63) is 45.8 Å². The molecule has 2 aromatic heterocycles. The van der Waals surface area contributed by atoms with E-state index in [1.807, 2.05) is 29.7 Å². The van der Waals surface area contributed by atoms with Gasteiger partial charge in [-0.3, -0.25) is 4.57 Å². The first kappa shape index (κ1) is 13.1. The van der Waals surface area contributed by atoms with Gasteiger partial charge < -0.3 is 9.72 Å². The molecule has 0 aliphatic rings. The molecule has 0 atom stereocenters. The Morgan fingerprint density at radius 1 is 1.35 bits per heavy atom. The number of aromatic nitrogens is 3. The van der Waals surface area contributed by atoms with E-state index >= 15 is 0 Å². The van der Waals surface area contributed by atoms with Crippen LogP contribution in [0.3, 0.4) is 0 Å². The van der Waals surface area contributed by atoms with Crippen molar-refractivity contribution in [2.75, 3.05) is 7.11 Å². The van der Waals surface area contributed by atoms with Gasteiger partial charge in [0.25, 0.3) is 0 Å². The number of aryl methyl sites for hydroxylation is 1. The number of halogens is 1. The number of methoxy groups -OCH3 is 1. The third-order valence-corrected chi connectivity index (χ3v) is 3.78. The van der Waals surface area contributed by atoms with Crippen LogP contribution in [0.5, 0.6) is 5.75 Å². The Morgan fingerprint density at radius 2 is 2.15 bits per heavy atom. The summed E-state index contributed by atoms with van der Waals surface area (Å²) >= 11 is 11.5. The molecule has 2 heterocycles. The molecule has 0 amide bonds. The monoisotopic (exact) mass is 305 g/mol. The number of rotatable bonds is 2. The summed E-state index contributed by atoms with van der Waals surface area (Å²) in [5.74, 6) is 0.605. The summed E-state index contributed by atoms with van der Waals surface area (Å²) in [6.45, 7) is 2.02. The lowest BCUT2D eigenvalue weighted by Crippen LogP contribution is -1.97. The van der Waals surface area contributed by atoms with Crippen molar-refractivity contribution >= 4 is 35.0 Å². The standard InChI is InChI=1S/C14H12ClN3OS/c1-8-5-6-16-13-12(8)17-14(20)18(13)9-3-4-10(15)11(7-9)19-2/h3-7H,1-2H3,(H,17,20). The summed E-state index contributed by atoms with van der Waals surface area (Å²) in [6.07, 6.45) is 1.77. The highest BCUT2D eigenvalue weighted by Gasteiger charge is 2.11. The van der Waals surface area contributed by atoms with Crippen LogP contribution in [-0.2, 0) is 0 Å². The van der Waals surface area contributed by atoms with Gasteiger partial charge in [0, 0.05) is 12.3 Å². The van der Waals surface area contributed by atoms with Gasteiger partial charge in [0.1, 0.15) is 5.75 Å². The number of hydrogen-bond donors (Lipinski definition) is 1. The number of aromatic amines is 1. The third-order valence-electron chi connectivity index (χ3n) is 3.18. The van der Waals surface area contributed by atoms with E-state index in [1.165, 1.54) is 0 Å². The van der Waals surface area contributed by atoms with E-state index in [9.17, 15) is 0 Å². The largest absolute Gasteiger partial charge is 0.495 e. The molecule has 1 N–H and O–H groups in total. The molecule has 3 aromatic rings. The molecular formula is C14H12ClN3OS. The minimum Gasteiger partial charge on any atom is -0.495 e. The minimum atomic E-state index is 0.562. The SMILES string of the molecule is COc1cc(-n2c(=S)[nH]c3c(C)ccnc32)ccc1Cl. The van der Waals surface area contributed by atoms with Crippen LogP contribution in [0.25, 0.3) is 16.9 Å². The van der Waals surface area contributed by atoms with Crippen molar-refractivity contribution in [1.82, 2.24) is 14.5 Å². The second-order valence-electron chi connectivity index (χ2n) is 4.41. The molecule has 1 aromatic carbocycles. The van der Waals surface area contributed by atoms with Gasteiger partial charge in [0.15, 0.2) is 10.4 Å². The van der Waals surface area contributed by atoms with Gasteiger partial charge in [-0.2, -0.15) is 0 Å². The lowest BCUT2D eigenvalue weighted by atomic mass is 10.2. The number of ether oxygens (including phenoxy) is 1. The van der Waals surface area contributed by atoms with E-state index in [0.29, 0.717) is 15.5 Å². The quantitative estimate of drug-likeness (QED) is 0.726. The molecule has 0 aliphatic heterocycles. The predicted molar refractivity (Wildman–Crippen MR) is 82.6 cm³/mol. The fraction of sp³-hybridized carbons (Fsp3) is 0.143. The van der Waals surface area contributed by atoms with Gasteiger partial charge in [0.2, 0.25) is 0 Å². The Bertz CT molecular complexity index is 853. The first-order valence-electron chi connectivity index (χ1n) is 6.02. The van der Waals surface area contributed by atoms with Crippen LogP contribution in [0, 0.1) is 11.7 Å². The van der Waals surface area contributed by atoms with E-state index in [0.717, 1.165) is 22.4 Å². The second kappa shape index (κ2) is 4.92. The van der Waals surface area contributed by atoms with Gasteiger partial charge >= 0.3 is 0 Å². The van der Waals surface area contributed by atoms with Crippen LogP contribution in [0.4, 0.5) is 0 Å². The van der Waals surface area contributed by atoms with Gasteiger partial charge in [-0.15, -0.1) is 0 Å². The Kier molecular flexibility index (Phi) is 3.23. The molecular weight excluding hydrogens is 294 g/mol. The first-order chi connectivity index (χ1) is 9.61. The first-order valence-corrected chi connectivity index (χ1v) is 6.80. The van der Waals surface area contributed by atoms with Crippen LogP contribution in [-0.4, -0.2) is 21.6 Å². The van der Waals surface area contributed by atoms with Gasteiger partial charge in [-0.1, -0.05) is 11.6 Å². The Labute approximate surface area is 126 Å². The van der Waals surface area contributed by atoms with E-state index < -0.39 is 0 Å². The zero-order valence-electron chi connectivity index (χ0n) is 11.0. The Morgan fingerprint density at radius 3 is 2.90 bits per heavy atom. The zero-order chi connectivity index (χ0) is 14.3. The normalized spacial score (nSPS) is 10.9. The molecule has 6 heteroatoms. The number of fused-ring (bicyclic) bond motifs is 1. The van der Waals surface area contributed by atoms with Crippen LogP contribution < -0.4 is 4.74 Å². The molecule has 0 bridgehead atoms. The number of imidazole rings is 1. The van der Waals surface area contributed by atoms with Crippen LogP contribution in [0.2, 0.25) is 5.02 Å². The van der Waals surface area contributed by atoms with E-state index in [-0.39, 0.29) is 0 Å². The molecule has 0 saturated carbocycles. The number of nitrogens with one attached hydrogen (secondary N) is 1. The molecule has 0 radical (unpaired) electrons. The van der Waals surface area contributed by atoms with Gasteiger partial charge in [-0.05, 0) is 42.9 Å². The third kappa shape index (κ3) is 1.99. The van der Waals surface area contributed by atoms with E-state index in [1.54, 1.807) is 19.4 Å². The zero-order valence-corrected chi connectivity index (χ0v) is 12.5. The van der Waals surface area contributed by atoms with Crippen molar-refractivity contribution in [1.29, 1.82) is 0 Å². The van der Waals surface area contributed by atoms with E-state index in [2.05, 4.69) is 9.97 Å². The molecule has 0 unspecified atom stereocenters. The Balaban J connectivity index is 2.32. The van der Waals surface area contributed by atoms with Crippen molar-refractivity contribution in [3.8, 4) is 11.4 Å². The average Bonchev–Trinajstić information content (AvgIpc) is 2.77. The molecule has 4 nitrogen and oxygen atoms in total. The topological polar surface area (TPSA) is 42.8 Å². The summed E-state index contributed by atoms with van der Waals surface area (Å²) in [5, 5.41) is 0.562. The Hall–Kier alpha value is -1.85. The second-order valence-corrected chi connectivity index (χ2v) is 5.20. The molecule has 0 aliphatic carbocycles. The maximum Gasteiger partial charge on any atom is 0.184 e. The minimum absolute atomic E-state index is 0.562. The summed E-state index contributed by atoms with van der Waals surface area (Å²) in [4.78, 5) is 7.60. The maximum atomic E-state index is 6.06. The summed E-state index contributed by atoms with van der Waals surface area (Å²) in [6, 6.07) is 7.46. The van der Waals surface area contributed by atoms with Crippen molar-refractivity contribution in [2.45, 2.75) is 6.92 Å². The molecule has 3 rings (SSSR count). The highest BCUT2D eigenvalue weighted by atomic mass is 35.5. The van der Waals surface area contributed by atoms with Crippen molar-refractivity contribution in [3.63, 3.8) is 0 Å². The summed E-state index contributed by atoms with van der Waals surface area (Å²) < 4.78 is 7.71. The van der Waals surface area contributed by atoms with Crippen LogP contribution in [0.15, 0.2) is 30.5 Å². The molecule has 0 saturated heterocycles. The number of nitrogens with zero attached hydrogens (tertiary/aromatic N) is 2. The van der Waals surface area contributed by atoms with E-state index in [4.69, 9.17) is 28.6 Å². The van der Waals surface area contributed by atoms with Crippen LogP contribution in [0.1, 0.15) is 5.56 Å². The number of H-pyrrole nitrogens is 1. The summed E-state index contributed by atoms with van der Waals surface area (Å²) in [7, 11) is 1.59. The average molecular weight is 306 g/mol. The highest BCUT2D eigenvalue weighted by Crippen LogP contribution is 2.28.